The molecule has 0 aliphatic carbocycles. The molecule has 1 aromatic carbocycles. The number of aromatic nitrogens is 2. The molecule has 4 aromatic rings. The summed E-state index contributed by atoms with van der Waals surface area (Å²) >= 11 is 7.64. The van der Waals surface area contributed by atoms with Crippen molar-refractivity contribution in [2.75, 3.05) is 4.90 Å². The topological polar surface area (TPSA) is 59.2 Å². The van der Waals surface area contributed by atoms with E-state index >= 15 is 0 Å². The number of hydrogen-bond donors (Lipinski definition) is 0. The van der Waals surface area contributed by atoms with Gasteiger partial charge >= 0.3 is 0 Å². The lowest BCUT2D eigenvalue weighted by molar-refractivity contribution is 0.0958. The van der Waals surface area contributed by atoms with E-state index in [1.807, 2.05) is 24.3 Å². The Kier molecular flexibility index (Phi) is 4.21. The average Bonchev–Trinajstić information content (AvgIpc) is 3.30. The Morgan fingerprint density at radius 2 is 2.12 bits per heavy atom. The van der Waals surface area contributed by atoms with Crippen LogP contribution in [0.4, 0.5) is 5.13 Å². The summed E-state index contributed by atoms with van der Waals surface area (Å²) < 4.78 is 6.20. The lowest BCUT2D eigenvalue weighted by atomic mass is 10.2. The Labute approximate surface area is 152 Å². The number of hydrogen-bond acceptors (Lipinski definition) is 5. The molecule has 0 saturated heterocycles. The molecule has 124 valence electrons. The second kappa shape index (κ2) is 6.66. The lowest BCUT2D eigenvalue weighted by Crippen LogP contribution is -2.30. The van der Waals surface area contributed by atoms with Gasteiger partial charge < -0.3 is 4.42 Å². The van der Waals surface area contributed by atoms with Crippen molar-refractivity contribution in [1.82, 2.24) is 9.97 Å². The zero-order valence-electron chi connectivity index (χ0n) is 12.9. The van der Waals surface area contributed by atoms with E-state index in [9.17, 15) is 4.79 Å². The lowest BCUT2D eigenvalue weighted by Gasteiger charge is -2.18. The summed E-state index contributed by atoms with van der Waals surface area (Å²) in [6.45, 7) is 0.338. The maximum Gasteiger partial charge on any atom is 0.296 e. The summed E-state index contributed by atoms with van der Waals surface area (Å²) in [4.78, 5) is 23.2. The predicted octanol–water partition coefficient (Wildman–Crippen LogP) is 4.78. The van der Waals surface area contributed by atoms with Gasteiger partial charge in [-0.3, -0.25) is 14.7 Å². The number of fused-ring (bicyclic) bond motifs is 1. The van der Waals surface area contributed by atoms with Crippen molar-refractivity contribution < 1.29 is 9.21 Å². The molecule has 25 heavy (non-hydrogen) atoms. The summed E-state index contributed by atoms with van der Waals surface area (Å²) in [5.74, 6) is -0.00160. The van der Waals surface area contributed by atoms with Gasteiger partial charge in [0.25, 0.3) is 5.91 Å². The van der Waals surface area contributed by atoms with Gasteiger partial charge in [-0.15, -0.1) is 0 Å². The number of anilines is 1. The number of para-hydroxylation sites is 1. The molecule has 3 heterocycles. The summed E-state index contributed by atoms with van der Waals surface area (Å²) in [7, 11) is 0. The number of thiazole rings is 1. The van der Waals surface area contributed by atoms with Crippen molar-refractivity contribution in [2.24, 2.45) is 0 Å². The third-order valence-electron chi connectivity index (χ3n) is 3.63. The molecule has 3 aromatic heterocycles. The number of carbonyl (C=O) groups excluding carboxylic acids is 1. The third kappa shape index (κ3) is 3.14. The van der Waals surface area contributed by atoms with Crippen molar-refractivity contribution >= 4 is 44.2 Å². The first kappa shape index (κ1) is 15.8. The van der Waals surface area contributed by atoms with Crippen LogP contribution in [0.2, 0.25) is 5.02 Å². The van der Waals surface area contributed by atoms with Crippen molar-refractivity contribution in [2.45, 2.75) is 6.54 Å². The van der Waals surface area contributed by atoms with E-state index in [1.165, 1.54) is 17.6 Å². The molecule has 0 atom stereocenters. The fraction of sp³-hybridized carbons (Fsp3) is 0.0556. The van der Waals surface area contributed by atoms with E-state index in [0.717, 1.165) is 10.3 Å². The molecule has 1 amide bonds. The molecule has 4 rings (SSSR count). The van der Waals surface area contributed by atoms with E-state index in [2.05, 4.69) is 9.97 Å². The molecule has 0 radical (unpaired) electrons. The van der Waals surface area contributed by atoms with Crippen LogP contribution in [0.1, 0.15) is 16.1 Å². The SMILES string of the molecule is O=C(c1ccco1)N(Cc1cccnc1)c1nc2c(Cl)cccc2s1. The van der Waals surface area contributed by atoms with Crippen molar-refractivity contribution in [1.29, 1.82) is 0 Å². The maximum absolute atomic E-state index is 12.9. The second-order valence-electron chi connectivity index (χ2n) is 5.31. The van der Waals surface area contributed by atoms with Gasteiger partial charge in [0, 0.05) is 12.4 Å². The Morgan fingerprint density at radius 3 is 2.84 bits per heavy atom. The van der Waals surface area contributed by atoms with Gasteiger partial charge in [0.05, 0.1) is 22.5 Å². The number of benzene rings is 1. The standard InChI is InChI=1S/C18H12ClN3O2S/c19-13-5-1-7-15-16(13)21-18(25-15)22(11-12-4-2-8-20-10-12)17(23)14-6-3-9-24-14/h1-10H,11H2. The first-order valence-corrected chi connectivity index (χ1v) is 8.71. The Balaban J connectivity index is 1.78. The number of rotatable bonds is 4. The number of halogens is 1. The molecule has 0 spiro atoms. The highest BCUT2D eigenvalue weighted by Gasteiger charge is 2.24. The third-order valence-corrected chi connectivity index (χ3v) is 4.98. The summed E-state index contributed by atoms with van der Waals surface area (Å²) in [6, 6.07) is 12.7. The van der Waals surface area contributed by atoms with Crippen molar-refractivity contribution in [3.63, 3.8) is 0 Å². The maximum atomic E-state index is 12.9. The fourth-order valence-electron chi connectivity index (χ4n) is 2.45. The fourth-order valence-corrected chi connectivity index (χ4v) is 3.72. The van der Waals surface area contributed by atoms with E-state index in [-0.39, 0.29) is 11.7 Å². The predicted molar refractivity (Wildman–Crippen MR) is 98.1 cm³/mol. The van der Waals surface area contributed by atoms with Crippen molar-refractivity contribution in [3.8, 4) is 0 Å². The van der Waals surface area contributed by atoms with Crippen molar-refractivity contribution in [3.05, 3.63) is 77.5 Å². The number of nitrogens with zero attached hydrogens (tertiary/aromatic N) is 3. The quantitative estimate of drug-likeness (QED) is 0.519. The molecule has 0 N–H and O–H groups in total. The summed E-state index contributed by atoms with van der Waals surface area (Å²) in [5, 5.41) is 1.13. The number of amides is 1. The molecule has 0 unspecified atom stereocenters. The summed E-state index contributed by atoms with van der Waals surface area (Å²) in [6.07, 6.45) is 4.90. The van der Waals surface area contributed by atoms with Crippen LogP contribution in [-0.4, -0.2) is 15.9 Å². The monoisotopic (exact) mass is 369 g/mol. The van der Waals surface area contributed by atoms with Crippen LogP contribution in [0, 0.1) is 0 Å². The van der Waals surface area contributed by atoms with E-state index in [0.29, 0.717) is 22.2 Å². The molecule has 0 aliphatic heterocycles. The molecular weight excluding hydrogens is 358 g/mol. The van der Waals surface area contributed by atoms with E-state index in [4.69, 9.17) is 16.0 Å². The van der Waals surface area contributed by atoms with Crippen LogP contribution in [0.5, 0.6) is 0 Å². The van der Waals surface area contributed by atoms with Gasteiger partial charge in [-0.05, 0) is 35.9 Å². The highest BCUT2D eigenvalue weighted by Crippen LogP contribution is 2.34. The van der Waals surface area contributed by atoms with Crippen LogP contribution in [0.3, 0.4) is 0 Å². The molecule has 7 heteroatoms. The van der Waals surface area contributed by atoms with Gasteiger partial charge in [-0.25, -0.2) is 4.98 Å². The minimum atomic E-state index is -0.260. The Hall–Kier alpha value is -2.70. The van der Waals surface area contributed by atoms with Gasteiger partial charge in [0.15, 0.2) is 10.9 Å². The highest BCUT2D eigenvalue weighted by molar-refractivity contribution is 7.22. The molecular formula is C18H12ClN3O2S. The smallest absolute Gasteiger partial charge is 0.296 e. The van der Waals surface area contributed by atoms with E-state index in [1.54, 1.807) is 35.5 Å². The van der Waals surface area contributed by atoms with Crippen LogP contribution < -0.4 is 4.90 Å². The highest BCUT2D eigenvalue weighted by atomic mass is 35.5. The van der Waals surface area contributed by atoms with E-state index < -0.39 is 0 Å². The average molecular weight is 370 g/mol. The van der Waals surface area contributed by atoms with Crippen LogP contribution >= 0.6 is 22.9 Å². The number of furan rings is 1. The molecule has 0 aliphatic rings. The number of pyridine rings is 1. The minimum absolute atomic E-state index is 0.259. The zero-order valence-corrected chi connectivity index (χ0v) is 14.5. The molecule has 0 bridgehead atoms. The normalized spacial score (nSPS) is 10.9. The largest absolute Gasteiger partial charge is 0.459 e. The van der Waals surface area contributed by atoms with Gasteiger partial charge in [-0.2, -0.15) is 0 Å². The first-order valence-electron chi connectivity index (χ1n) is 7.52. The van der Waals surface area contributed by atoms with Gasteiger partial charge in [0.2, 0.25) is 0 Å². The molecule has 0 saturated carbocycles. The first-order chi connectivity index (χ1) is 12.2. The van der Waals surface area contributed by atoms with Gasteiger partial charge in [0.1, 0.15) is 5.52 Å². The minimum Gasteiger partial charge on any atom is -0.459 e. The Morgan fingerprint density at radius 1 is 1.20 bits per heavy atom. The van der Waals surface area contributed by atoms with Crippen LogP contribution in [0.25, 0.3) is 10.2 Å². The van der Waals surface area contributed by atoms with Crippen LogP contribution in [0.15, 0.2) is 65.5 Å². The van der Waals surface area contributed by atoms with Gasteiger partial charge in [-0.1, -0.05) is 35.1 Å². The second-order valence-corrected chi connectivity index (χ2v) is 6.73. The molecule has 5 nitrogen and oxygen atoms in total. The summed E-state index contributed by atoms with van der Waals surface area (Å²) in [5.41, 5.74) is 1.58. The van der Waals surface area contributed by atoms with Crippen LogP contribution in [-0.2, 0) is 6.54 Å². The number of carbonyl (C=O) groups is 1. The molecule has 0 fully saturated rings. The Bertz CT molecular complexity index is 1020. The zero-order chi connectivity index (χ0) is 17.2.